The van der Waals surface area contributed by atoms with Gasteiger partial charge in [-0.1, -0.05) is 18.9 Å². The molecule has 1 N–H and O–H groups in total. The first kappa shape index (κ1) is 12.8. The summed E-state index contributed by atoms with van der Waals surface area (Å²) in [5.41, 5.74) is -0.216. The molecule has 0 saturated heterocycles. The summed E-state index contributed by atoms with van der Waals surface area (Å²) in [6, 6.07) is 4.74. The minimum atomic E-state index is -0.767. The first-order valence-electron chi connectivity index (χ1n) is 6.11. The maximum Gasteiger partial charge on any atom is 0.276 e. The van der Waals surface area contributed by atoms with Crippen LogP contribution >= 0.6 is 0 Å². The summed E-state index contributed by atoms with van der Waals surface area (Å²) in [4.78, 5) is 10.4. The van der Waals surface area contributed by atoms with Crippen LogP contribution in [0.5, 0.6) is 5.75 Å². The second kappa shape index (κ2) is 4.94. The molecule has 0 amide bonds. The van der Waals surface area contributed by atoms with Crippen molar-refractivity contribution in [2.45, 2.75) is 38.2 Å². The highest BCUT2D eigenvalue weighted by molar-refractivity contribution is 5.48. The van der Waals surface area contributed by atoms with E-state index in [0.29, 0.717) is 11.3 Å². The summed E-state index contributed by atoms with van der Waals surface area (Å²) < 4.78 is 5.56. The van der Waals surface area contributed by atoms with Crippen molar-refractivity contribution >= 4 is 5.69 Å². The SMILES string of the molecule is Cc1c(OCC2(O)CCCC2)cccc1[N+](=O)[O-]. The van der Waals surface area contributed by atoms with Crippen LogP contribution < -0.4 is 4.74 Å². The molecule has 0 radical (unpaired) electrons. The predicted molar refractivity (Wildman–Crippen MR) is 66.7 cm³/mol. The van der Waals surface area contributed by atoms with E-state index in [0.717, 1.165) is 25.7 Å². The van der Waals surface area contributed by atoms with E-state index in [9.17, 15) is 15.2 Å². The number of nitrogens with zero attached hydrogens (tertiary/aromatic N) is 1. The molecular weight excluding hydrogens is 234 g/mol. The van der Waals surface area contributed by atoms with Crippen molar-refractivity contribution in [1.29, 1.82) is 0 Å². The molecular formula is C13H17NO4. The van der Waals surface area contributed by atoms with E-state index in [1.165, 1.54) is 6.07 Å². The molecule has 18 heavy (non-hydrogen) atoms. The molecule has 0 aliphatic heterocycles. The fourth-order valence-corrected chi connectivity index (χ4v) is 2.35. The number of ether oxygens (including phenoxy) is 1. The molecule has 1 aromatic rings. The fourth-order valence-electron chi connectivity index (χ4n) is 2.35. The monoisotopic (exact) mass is 251 g/mol. The van der Waals surface area contributed by atoms with E-state index in [1.807, 2.05) is 0 Å². The Labute approximate surface area is 106 Å². The van der Waals surface area contributed by atoms with Gasteiger partial charge in [-0.05, 0) is 25.8 Å². The second-order valence-corrected chi connectivity index (χ2v) is 4.88. The molecule has 0 aromatic heterocycles. The van der Waals surface area contributed by atoms with Gasteiger partial charge in [-0.15, -0.1) is 0 Å². The van der Waals surface area contributed by atoms with Gasteiger partial charge < -0.3 is 9.84 Å². The van der Waals surface area contributed by atoms with Crippen LogP contribution in [0.3, 0.4) is 0 Å². The van der Waals surface area contributed by atoms with E-state index in [-0.39, 0.29) is 12.3 Å². The molecule has 1 aromatic carbocycles. The highest BCUT2D eigenvalue weighted by atomic mass is 16.6. The zero-order valence-electron chi connectivity index (χ0n) is 10.4. The summed E-state index contributed by atoms with van der Waals surface area (Å²) in [6.07, 6.45) is 3.49. The van der Waals surface area contributed by atoms with Gasteiger partial charge in [-0.2, -0.15) is 0 Å². The van der Waals surface area contributed by atoms with Gasteiger partial charge in [-0.25, -0.2) is 0 Å². The molecule has 0 heterocycles. The normalized spacial score (nSPS) is 17.7. The predicted octanol–water partition coefficient (Wildman–Crippen LogP) is 2.59. The van der Waals surface area contributed by atoms with Crippen molar-refractivity contribution in [2.75, 3.05) is 6.61 Å². The number of rotatable bonds is 4. The molecule has 98 valence electrons. The standard InChI is InChI=1S/C13H17NO4/c1-10-11(14(16)17)5-4-6-12(10)18-9-13(15)7-2-3-8-13/h4-6,15H,2-3,7-9H2,1H3. The summed E-state index contributed by atoms with van der Waals surface area (Å²) in [6.45, 7) is 1.86. The molecule has 1 aliphatic carbocycles. The Hall–Kier alpha value is -1.62. The first-order valence-corrected chi connectivity index (χ1v) is 6.11. The number of benzene rings is 1. The van der Waals surface area contributed by atoms with Crippen LogP contribution in [0.15, 0.2) is 18.2 Å². The van der Waals surface area contributed by atoms with Crippen LogP contribution in [0.4, 0.5) is 5.69 Å². The van der Waals surface area contributed by atoms with Crippen LogP contribution in [0.25, 0.3) is 0 Å². The van der Waals surface area contributed by atoms with Gasteiger partial charge in [0.05, 0.1) is 16.1 Å². The zero-order valence-corrected chi connectivity index (χ0v) is 10.4. The van der Waals surface area contributed by atoms with Crippen molar-refractivity contribution < 1.29 is 14.8 Å². The van der Waals surface area contributed by atoms with Gasteiger partial charge in [0.2, 0.25) is 0 Å². The Bertz CT molecular complexity index is 452. The molecule has 2 rings (SSSR count). The van der Waals surface area contributed by atoms with Crippen molar-refractivity contribution in [3.63, 3.8) is 0 Å². The van der Waals surface area contributed by atoms with E-state index in [1.54, 1.807) is 19.1 Å². The lowest BCUT2D eigenvalue weighted by atomic mass is 10.0. The van der Waals surface area contributed by atoms with Gasteiger partial charge >= 0.3 is 0 Å². The van der Waals surface area contributed by atoms with Crippen LogP contribution in [-0.4, -0.2) is 22.2 Å². The molecule has 1 aliphatic rings. The summed E-state index contributed by atoms with van der Waals surface area (Å²) >= 11 is 0. The third kappa shape index (κ3) is 2.61. The highest BCUT2D eigenvalue weighted by Crippen LogP contribution is 2.32. The summed E-state index contributed by atoms with van der Waals surface area (Å²) in [5, 5.41) is 21.0. The van der Waals surface area contributed by atoms with Crippen molar-refractivity contribution in [3.05, 3.63) is 33.9 Å². The smallest absolute Gasteiger partial charge is 0.276 e. The van der Waals surface area contributed by atoms with Crippen LogP contribution in [0.2, 0.25) is 0 Å². The van der Waals surface area contributed by atoms with E-state index >= 15 is 0 Å². The maximum atomic E-state index is 10.8. The minimum Gasteiger partial charge on any atom is -0.490 e. The van der Waals surface area contributed by atoms with Gasteiger partial charge in [0.25, 0.3) is 5.69 Å². The number of hydrogen-bond acceptors (Lipinski definition) is 4. The Kier molecular flexibility index (Phi) is 3.52. The Morgan fingerprint density at radius 2 is 2.11 bits per heavy atom. The van der Waals surface area contributed by atoms with Crippen molar-refractivity contribution in [2.24, 2.45) is 0 Å². The van der Waals surface area contributed by atoms with Gasteiger partial charge in [0.15, 0.2) is 0 Å². The summed E-state index contributed by atoms with van der Waals surface area (Å²) in [5.74, 6) is 0.476. The van der Waals surface area contributed by atoms with Crippen LogP contribution in [0, 0.1) is 17.0 Å². The average Bonchev–Trinajstić information content (AvgIpc) is 2.75. The fraction of sp³-hybridized carbons (Fsp3) is 0.538. The van der Waals surface area contributed by atoms with E-state index < -0.39 is 10.5 Å². The lowest BCUT2D eigenvalue weighted by molar-refractivity contribution is -0.385. The third-order valence-corrected chi connectivity index (χ3v) is 3.48. The Morgan fingerprint density at radius 1 is 1.44 bits per heavy atom. The molecule has 5 heteroatoms. The lowest BCUT2D eigenvalue weighted by Crippen LogP contribution is -2.32. The van der Waals surface area contributed by atoms with Crippen molar-refractivity contribution in [1.82, 2.24) is 0 Å². The molecule has 0 bridgehead atoms. The van der Waals surface area contributed by atoms with E-state index in [2.05, 4.69) is 0 Å². The largest absolute Gasteiger partial charge is 0.490 e. The van der Waals surface area contributed by atoms with Crippen LogP contribution in [-0.2, 0) is 0 Å². The van der Waals surface area contributed by atoms with Gasteiger partial charge in [0, 0.05) is 6.07 Å². The molecule has 0 atom stereocenters. The number of hydrogen-bond donors (Lipinski definition) is 1. The van der Waals surface area contributed by atoms with E-state index in [4.69, 9.17) is 4.74 Å². The quantitative estimate of drug-likeness (QED) is 0.659. The highest BCUT2D eigenvalue weighted by Gasteiger charge is 2.32. The average molecular weight is 251 g/mol. The van der Waals surface area contributed by atoms with Crippen LogP contribution in [0.1, 0.15) is 31.2 Å². The lowest BCUT2D eigenvalue weighted by Gasteiger charge is -2.22. The molecule has 5 nitrogen and oxygen atoms in total. The Morgan fingerprint density at radius 3 is 2.72 bits per heavy atom. The topological polar surface area (TPSA) is 72.6 Å². The number of aliphatic hydroxyl groups is 1. The third-order valence-electron chi connectivity index (χ3n) is 3.48. The summed E-state index contributed by atoms with van der Waals surface area (Å²) in [7, 11) is 0. The molecule has 0 spiro atoms. The van der Waals surface area contributed by atoms with Gasteiger partial charge in [-0.3, -0.25) is 10.1 Å². The minimum absolute atomic E-state index is 0.0471. The maximum absolute atomic E-state index is 10.8. The van der Waals surface area contributed by atoms with Gasteiger partial charge in [0.1, 0.15) is 12.4 Å². The molecule has 0 unspecified atom stereocenters. The number of nitro groups is 1. The molecule has 1 fully saturated rings. The first-order chi connectivity index (χ1) is 8.52. The number of nitro benzene ring substituents is 1. The zero-order chi connectivity index (χ0) is 13.2. The van der Waals surface area contributed by atoms with Crippen molar-refractivity contribution in [3.8, 4) is 5.75 Å². The Balaban J connectivity index is 2.10. The molecule has 1 saturated carbocycles. The second-order valence-electron chi connectivity index (χ2n) is 4.88.